The molecule has 1 fully saturated rings. The third kappa shape index (κ3) is 3.15. The summed E-state index contributed by atoms with van der Waals surface area (Å²) in [5.74, 6) is -0.977. The predicted octanol–water partition coefficient (Wildman–Crippen LogP) is -0.268. The van der Waals surface area contributed by atoms with Gasteiger partial charge in [0.05, 0.1) is 6.42 Å². The Bertz CT molecular complexity index is 335. The minimum atomic E-state index is -3.47. The highest BCUT2D eigenvalue weighted by molar-refractivity contribution is 7.86. The van der Waals surface area contributed by atoms with E-state index in [2.05, 4.69) is 0 Å². The fourth-order valence-corrected chi connectivity index (χ4v) is 2.59. The lowest BCUT2D eigenvalue weighted by Crippen LogP contribution is -2.42. The van der Waals surface area contributed by atoms with Gasteiger partial charge < -0.3 is 5.11 Å². The first-order chi connectivity index (χ1) is 6.85. The summed E-state index contributed by atoms with van der Waals surface area (Å²) >= 11 is 0. The first-order valence-electron chi connectivity index (χ1n) is 4.77. The number of rotatable bonds is 6. The maximum Gasteiger partial charge on any atom is 0.304 e. The molecule has 0 saturated heterocycles. The zero-order valence-corrected chi connectivity index (χ0v) is 9.70. The maximum atomic E-state index is 11.8. The highest BCUT2D eigenvalue weighted by Gasteiger charge is 2.38. The second-order valence-corrected chi connectivity index (χ2v) is 5.87. The minimum absolute atomic E-state index is 0.00301. The molecule has 0 atom stereocenters. The normalized spacial score (nSPS) is 17.3. The van der Waals surface area contributed by atoms with Gasteiger partial charge in [-0.25, -0.2) is 0 Å². The largest absolute Gasteiger partial charge is 0.481 e. The van der Waals surface area contributed by atoms with E-state index >= 15 is 0 Å². The monoisotopic (exact) mass is 236 g/mol. The van der Waals surface area contributed by atoms with Gasteiger partial charge in [0.2, 0.25) is 0 Å². The molecule has 88 valence electrons. The third-order valence-electron chi connectivity index (χ3n) is 2.26. The number of hydrogen-bond acceptors (Lipinski definition) is 3. The molecule has 1 saturated carbocycles. The Kier molecular flexibility index (Phi) is 3.69. The van der Waals surface area contributed by atoms with Crippen LogP contribution in [0, 0.1) is 0 Å². The summed E-state index contributed by atoms with van der Waals surface area (Å²) in [7, 11) is -0.568. The molecule has 0 heterocycles. The quantitative estimate of drug-likeness (QED) is 0.688. The molecule has 0 radical (unpaired) electrons. The van der Waals surface area contributed by atoms with Crippen LogP contribution in [0.3, 0.4) is 0 Å². The third-order valence-corrected chi connectivity index (χ3v) is 4.25. The highest BCUT2D eigenvalue weighted by Crippen LogP contribution is 2.29. The fourth-order valence-electron chi connectivity index (χ4n) is 1.26. The van der Waals surface area contributed by atoms with Crippen molar-refractivity contribution in [2.24, 2.45) is 0 Å². The number of carboxylic acid groups (broad SMARTS) is 1. The van der Waals surface area contributed by atoms with Gasteiger partial charge >= 0.3 is 5.97 Å². The molecule has 0 amide bonds. The van der Waals surface area contributed by atoms with Crippen molar-refractivity contribution < 1.29 is 18.3 Å². The van der Waals surface area contributed by atoms with E-state index < -0.39 is 16.2 Å². The van der Waals surface area contributed by atoms with Gasteiger partial charge in [0.25, 0.3) is 10.2 Å². The summed E-state index contributed by atoms with van der Waals surface area (Å²) in [6.45, 7) is 0.0561. The molecule has 0 unspecified atom stereocenters. The van der Waals surface area contributed by atoms with Crippen LogP contribution in [0.1, 0.15) is 19.3 Å². The Hall–Kier alpha value is -0.660. The van der Waals surface area contributed by atoms with Crippen molar-refractivity contribution >= 4 is 16.2 Å². The van der Waals surface area contributed by atoms with Crippen molar-refractivity contribution in [1.82, 2.24) is 8.61 Å². The van der Waals surface area contributed by atoms with Crippen molar-refractivity contribution in [2.45, 2.75) is 25.3 Å². The molecular formula is C8H16N2O4S. The maximum absolute atomic E-state index is 11.8. The topological polar surface area (TPSA) is 77.9 Å². The molecule has 1 aliphatic carbocycles. The van der Waals surface area contributed by atoms with Gasteiger partial charge in [0, 0.05) is 26.7 Å². The lowest BCUT2D eigenvalue weighted by Gasteiger charge is -2.24. The number of nitrogens with zero attached hydrogens (tertiary/aromatic N) is 2. The Morgan fingerprint density at radius 1 is 1.40 bits per heavy atom. The zero-order valence-electron chi connectivity index (χ0n) is 8.88. The summed E-state index contributed by atoms with van der Waals surface area (Å²) in [5, 5.41) is 8.53. The van der Waals surface area contributed by atoms with Gasteiger partial charge in [-0.05, 0) is 12.8 Å². The molecule has 0 spiro atoms. The molecule has 0 aromatic carbocycles. The van der Waals surface area contributed by atoms with Crippen molar-refractivity contribution in [1.29, 1.82) is 0 Å². The van der Waals surface area contributed by atoms with Gasteiger partial charge in [0.15, 0.2) is 0 Å². The summed E-state index contributed by atoms with van der Waals surface area (Å²) in [6, 6.07) is -0.00301. The SMILES string of the molecule is CN(C)S(=O)(=O)N(CCC(=O)O)C1CC1. The van der Waals surface area contributed by atoms with Crippen LogP contribution >= 0.6 is 0 Å². The first-order valence-corrected chi connectivity index (χ1v) is 6.16. The molecule has 7 heteroatoms. The van der Waals surface area contributed by atoms with E-state index in [1.54, 1.807) is 0 Å². The van der Waals surface area contributed by atoms with Crippen LogP contribution in [0.25, 0.3) is 0 Å². The van der Waals surface area contributed by atoms with Crippen LogP contribution in [-0.4, -0.2) is 54.8 Å². The number of aliphatic carboxylic acids is 1. The molecule has 15 heavy (non-hydrogen) atoms. The van der Waals surface area contributed by atoms with Gasteiger partial charge in [-0.2, -0.15) is 17.0 Å². The lowest BCUT2D eigenvalue weighted by atomic mass is 10.4. The average Bonchev–Trinajstić information content (AvgIpc) is 2.87. The van der Waals surface area contributed by atoms with E-state index in [0.717, 1.165) is 17.1 Å². The minimum Gasteiger partial charge on any atom is -0.481 e. The molecule has 1 aliphatic rings. The Balaban J connectivity index is 2.69. The second-order valence-electron chi connectivity index (χ2n) is 3.78. The van der Waals surface area contributed by atoms with Crippen LogP contribution in [0.5, 0.6) is 0 Å². The van der Waals surface area contributed by atoms with Crippen molar-refractivity contribution in [3.05, 3.63) is 0 Å². The molecule has 0 aromatic rings. The molecule has 1 rings (SSSR count). The van der Waals surface area contributed by atoms with E-state index in [9.17, 15) is 13.2 Å². The smallest absolute Gasteiger partial charge is 0.304 e. The van der Waals surface area contributed by atoms with Crippen LogP contribution in [0.4, 0.5) is 0 Å². The average molecular weight is 236 g/mol. The Morgan fingerprint density at radius 3 is 2.27 bits per heavy atom. The molecule has 1 N–H and O–H groups in total. The van der Waals surface area contributed by atoms with Gasteiger partial charge in [0.1, 0.15) is 0 Å². The van der Waals surface area contributed by atoms with Gasteiger partial charge in [-0.1, -0.05) is 0 Å². The number of hydrogen-bond donors (Lipinski definition) is 1. The van der Waals surface area contributed by atoms with E-state index in [1.807, 2.05) is 0 Å². The summed E-state index contributed by atoms with van der Waals surface area (Å²) in [4.78, 5) is 10.4. The van der Waals surface area contributed by atoms with Crippen LogP contribution in [-0.2, 0) is 15.0 Å². The van der Waals surface area contributed by atoms with E-state index in [-0.39, 0.29) is 19.0 Å². The second kappa shape index (κ2) is 4.46. The standard InChI is InChI=1S/C8H16N2O4S/c1-9(2)15(13,14)10(7-3-4-7)6-5-8(11)12/h7H,3-6H2,1-2H3,(H,11,12). The zero-order chi connectivity index (χ0) is 11.6. The number of carbonyl (C=O) groups is 1. The lowest BCUT2D eigenvalue weighted by molar-refractivity contribution is -0.137. The fraction of sp³-hybridized carbons (Fsp3) is 0.875. The van der Waals surface area contributed by atoms with Crippen molar-refractivity contribution in [3.8, 4) is 0 Å². The summed E-state index contributed by atoms with van der Waals surface area (Å²) < 4.78 is 26.0. The number of carboxylic acids is 1. The molecule has 0 aliphatic heterocycles. The Labute approximate surface area is 89.7 Å². The summed E-state index contributed by atoms with van der Waals surface area (Å²) in [6.07, 6.45) is 1.50. The molecule has 0 aromatic heterocycles. The van der Waals surface area contributed by atoms with E-state index in [4.69, 9.17) is 5.11 Å². The summed E-state index contributed by atoms with van der Waals surface area (Å²) in [5.41, 5.74) is 0. The molecule has 6 nitrogen and oxygen atoms in total. The van der Waals surface area contributed by atoms with Crippen molar-refractivity contribution in [2.75, 3.05) is 20.6 Å². The van der Waals surface area contributed by atoms with E-state index in [1.165, 1.54) is 18.4 Å². The van der Waals surface area contributed by atoms with Gasteiger partial charge in [-0.15, -0.1) is 0 Å². The van der Waals surface area contributed by atoms with Crippen LogP contribution in [0.2, 0.25) is 0 Å². The van der Waals surface area contributed by atoms with Crippen molar-refractivity contribution in [3.63, 3.8) is 0 Å². The van der Waals surface area contributed by atoms with Crippen LogP contribution < -0.4 is 0 Å². The van der Waals surface area contributed by atoms with Gasteiger partial charge in [-0.3, -0.25) is 4.79 Å². The molecular weight excluding hydrogens is 220 g/mol. The van der Waals surface area contributed by atoms with E-state index in [0.29, 0.717) is 0 Å². The van der Waals surface area contributed by atoms with Crippen LogP contribution in [0.15, 0.2) is 0 Å². The Morgan fingerprint density at radius 2 is 1.93 bits per heavy atom. The first kappa shape index (κ1) is 12.4. The highest BCUT2D eigenvalue weighted by atomic mass is 32.2. The molecule has 0 bridgehead atoms. The predicted molar refractivity (Wildman–Crippen MR) is 54.6 cm³/mol.